The first-order valence-electron chi connectivity index (χ1n) is 14.4. The molecule has 2 saturated carbocycles. The summed E-state index contributed by atoms with van der Waals surface area (Å²) in [6, 6.07) is 24.6. The number of nitrogens with zero attached hydrogens (tertiary/aromatic N) is 3. The van der Waals surface area contributed by atoms with Crippen molar-refractivity contribution in [2.24, 2.45) is 11.8 Å². The molecular formula is C33H36F3N3OSi. The summed E-state index contributed by atoms with van der Waals surface area (Å²) in [5.41, 5.74) is 1.30. The molecule has 2 heterocycles. The number of halogens is 3. The van der Waals surface area contributed by atoms with E-state index in [0.29, 0.717) is 35.6 Å². The van der Waals surface area contributed by atoms with Crippen LogP contribution >= 0.6 is 0 Å². The van der Waals surface area contributed by atoms with Gasteiger partial charge >= 0.3 is 6.18 Å². The van der Waals surface area contributed by atoms with Gasteiger partial charge < -0.3 is 4.43 Å². The number of alkyl halides is 3. The molecule has 0 saturated heterocycles. The summed E-state index contributed by atoms with van der Waals surface area (Å²) < 4.78 is 49.2. The second kappa shape index (κ2) is 10.2. The van der Waals surface area contributed by atoms with Crippen molar-refractivity contribution in [1.29, 1.82) is 0 Å². The number of benzene rings is 2. The van der Waals surface area contributed by atoms with Crippen molar-refractivity contribution < 1.29 is 17.6 Å². The molecule has 2 aromatic carbocycles. The second-order valence-corrected chi connectivity index (χ2v) is 16.7. The summed E-state index contributed by atoms with van der Waals surface area (Å²) in [6.45, 7) is 9.61. The number of hydrogen-bond acceptors (Lipinski definition) is 3. The van der Waals surface area contributed by atoms with E-state index in [9.17, 15) is 13.2 Å². The van der Waals surface area contributed by atoms with Crippen molar-refractivity contribution in [1.82, 2.24) is 14.8 Å². The largest absolute Gasteiger partial charge is 0.417 e. The molecule has 2 aliphatic carbocycles. The molecule has 1 unspecified atom stereocenters. The average molecular weight is 576 g/mol. The van der Waals surface area contributed by atoms with Gasteiger partial charge in [-0.05, 0) is 59.1 Å². The number of aromatic nitrogens is 3. The van der Waals surface area contributed by atoms with Gasteiger partial charge in [-0.2, -0.15) is 18.3 Å². The first kappa shape index (κ1) is 27.9. The quantitative estimate of drug-likeness (QED) is 0.222. The number of rotatable bonds is 7. The Morgan fingerprint density at radius 2 is 1.46 bits per heavy atom. The normalized spacial score (nSPS) is 22.5. The van der Waals surface area contributed by atoms with Crippen LogP contribution in [0.3, 0.4) is 0 Å². The summed E-state index contributed by atoms with van der Waals surface area (Å²) in [5.74, 6) is 1.34. The maximum absolute atomic E-state index is 13.3. The SMILES string of the molecule is CCn1nc(-c2cncc(C(F)(F)F)c2)cc1[C@H]1[C@@H]2CC(O[Si](c3ccccc3)(c3ccccc3)C(C)(C)C)C[C@@H]21. The lowest BCUT2D eigenvalue weighted by atomic mass is 10.1. The predicted molar refractivity (Wildman–Crippen MR) is 158 cm³/mol. The third kappa shape index (κ3) is 4.95. The zero-order chi connectivity index (χ0) is 29.0. The van der Waals surface area contributed by atoms with Gasteiger partial charge in [0.2, 0.25) is 0 Å². The van der Waals surface area contributed by atoms with E-state index in [-0.39, 0.29) is 11.1 Å². The van der Waals surface area contributed by atoms with E-state index < -0.39 is 20.1 Å². The zero-order valence-electron chi connectivity index (χ0n) is 23.9. The highest BCUT2D eigenvalue weighted by molar-refractivity contribution is 6.99. The highest BCUT2D eigenvalue weighted by atomic mass is 28.4. The van der Waals surface area contributed by atoms with E-state index in [1.807, 2.05) is 17.7 Å². The molecule has 4 aromatic rings. The molecule has 2 aromatic heterocycles. The molecule has 0 aliphatic heterocycles. The van der Waals surface area contributed by atoms with Crippen LogP contribution in [0, 0.1) is 11.8 Å². The monoisotopic (exact) mass is 575 g/mol. The van der Waals surface area contributed by atoms with E-state index in [0.717, 1.165) is 30.8 Å². The van der Waals surface area contributed by atoms with Crippen LogP contribution in [0.15, 0.2) is 85.2 Å². The van der Waals surface area contributed by atoms with Crippen LogP contribution in [0.1, 0.15) is 57.7 Å². The van der Waals surface area contributed by atoms with Crippen LogP contribution in [0.25, 0.3) is 11.3 Å². The maximum Gasteiger partial charge on any atom is 0.417 e. The van der Waals surface area contributed by atoms with E-state index in [1.165, 1.54) is 16.6 Å². The maximum atomic E-state index is 13.3. The van der Waals surface area contributed by atoms with Crippen molar-refractivity contribution in [2.75, 3.05) is 0 Å². The molecule has 6 rings (SSSR count). The molecule has 0 bridgehead atoms. The third-order valence-electron chi connectivity index (χ3n) is 8.98. The fraction of sp³-hybridized carbons (Fsp3) is 0.394. The van der Waals surface area contributed by atoms with Gasteiger partial charge in [0, 0.05) is 42.2 Å². The predicted octanol–water partition coefficient (Wildman–Crippen LogP) is 7.05. The molecular weight excluding hydrogens is 539 g/mol. The van der Waals surface area contributed by atoms with Gasteiger partial charge in [-0.1, -0.05) is 81.4 Å². The molecule has 41 heavy (non-hydrogen) atoms. The van der Waals surface area contributed by atoms with Crippen molar-refractivity contribution >= 4 is 18.7 Å². The minimum absolute atomic E-state index is 0.0728. The first-order valence-corrected chi connectivity index (χ1v) is 16.3. The average Bonchev–Trinajstić information content (AvgIpc) is 3.26. The fourth-order valence-electron chi connectivity index (χ4n) is 7.10. The summed E-state index contributed by atoms with van der Waals surface area (Å²) in [4.78, 5) is 3.84. The molecule has 2 aliphatic rings. The first-order chi connectivity index (χ1) is 19.5. The van der Waals surface area contributed by atoms with Gasteiger partial charge in [-0.3, -0.25) is 9.67 Å². The number of hydrogen-bond donors (Lipinski definition) is 0. The van der Waals surface area contributed by atoms with Gasteiger partial charge in [0.25, 0.3) is 8.32 Å². The minimum Gasteiger partial charge on any atom is -0.404 e. The Balaban J connectivity index is 1.26. The zero-order valence-corrected chi connectivity index (χ0v) is 24.9. The van der Waals surface area contributed by atoms with Crippen LogP contribution in [-0.2, 0) is 17.1 Å². The molecule has 0 amide bonds. The third-order valence-corrected chi connectivity index (χ3v) is 14.1. The Kier molecular flexibility index (Phi) is 6.97. The Bertz CT molecular complexity index is 1460. The summed E-state index contributed by atoms with van der Waals surface area (Å²) in [7, 11) is -2.62. The number of fused-ring (bicyclic) bond motifs is 1. The van der Waals surface area contributed by atoms with Crippen molar-refractivity contribution in [3.63, 3.8) is 0 Å². The molecule has 2 fully saturated rings. The van der Waals surface area contributed by atoms with Gasteiger partial charge in [-0.25, -0.2) is 0 Å². The van der Waals surface area contributed by atoms with Crippen molar-refractivity contribution in [3.05, 3.63) is 96.4 Å². The van der Waals surface area contributed by atoms with Crippen LogP contribution in [0.2, 0.25) is 5.04 Å². The van der Waals surface area contributed by atoms with Gasteiger partial charge in [-0.15, -0.1) is 0 Å². The van der Waals surface area contributed by atoms with E-state index in [1.54, 1.807) is 0 Å². The van der Waals surface area contributed by atoms with E-state index >= 15 is 0 Å². The van der Waals surface area contributed by atoms with Crippen LogP contribution in [-0.4, -0.2) is 29.2 Å². The fourth-order valence-corrected chi connectivity index (χ4v) is 11.8. The van der Waals surface area contributed by atoms with Crippen molar-refractivity contribution in [2.45, 2.75) is 70.3 Å². The number of aryl methyl sites for hydroxylation is 1. The smallest absolute Gasteiger partial charge is 0.404 e. The highest BCUT2D eigenvalue weighted by Crippen LogP contribution is 2.64. The van der Waals surface area contributed by atoms with Crippen LogP contribution in [0.5, 0.6) is 0 Å². The molecule has 0 N–H and O–H groups in total. The topological polar surface area (TPSA) is 39.9 Å². The van der Waals surface area contributed by atoms with Gasteiger partial charge in [0.15, 0.2) is 0 Å². The summed E-state index contributed by atoms with van der Waals surface area (Å²) >= 11 is 0. The Morgan fingerprint density at radius 1 is 0.878 bits per heavy atom. The van der Waals surface area contributed by atoms with Gasteiger partial charge in [0.05, 0.1) is 11.3 Å². The Morgan fingerprint density at radius 3 is 1.98 bits per heavy atom. The van der Waals surface area contributed by atoms with Gasteiger partial charge in [0.1, 0.15) is 0 Å². The standard InChI is InChI=1S/C33H36F3N3OSi/c1-5-39-30(19-29(38-39)22-16-23(21-37-20-22)33(34,35)36)31-27-17-24(18-28(27)31)40-41(32(2,3)4,25-12-8-6-9-13-25)26-14-10-7-11-15-26/h6-16,19-21,24,27-28,31H,5,17-18H2,1-4H3/t24?,27-,28+,31+. The lowest BCUT2D eigenvalue weighted by molar-refractivity contribution is -0.137. The highest BCUT2D eigenvalue weighted by Gasteiger charge is 2.60. The summed E-state index contributed by atoms with van der Waals surface area (Å²) in [6.07, 6.45) is 0.0102. The molecule has 0 radical (unpaired) electrons. The molecule has 4 atom stereocenters. The summed E-state index contributed by atoms with van der Waals surface area (Å²) in [5, 5.41) is 7.19. The Labute approximate surface area is 240 Å². The molecule has 214 valence electrons. The second-order valence-electron chi connectivity index (χ2n) is 12.5. The van der Waals surface area contributed by atoms with Crippen LogP contribution < -0.4 is 10.4 Å². The van der Waals surface area contributed by atoms with E-state index in [4.69, 9.17) is 4.43 Å². The lowest BCUT2D eigenvalue weighted by Gasteiger charge is -2.45. The van der Waals surface area contributed by atoms with Crippen LogP contribution in [0.4, 0.5) is 13.2 Å². The molecule has 4 nitrogen and oxygen atoms in total. The molecule has 8 heteroatoms. The Hall–Kier alpha value is -3.23. The van der Waals surface area contributed by atoms with Crippen molar-refractivity contribution in [3.8, 4) is 11.3 Å². The number of pyridine rings is 1. The van der Waals surface area contributed by atoms with E-state index in [2.05, 4.69) is 91.5 Å². The minimum atomic E-state index is -4.44. The lowest BCUT2D eigenvalue weighted by Crippen LogP contribution is -2.67. The molecule has 0 spiro atoms.